The van der Waals surface area contributed by atoms with Crippen LogP contribution in [-0.4, -0.2) is 31.3 Å². The Kier molecular flexibility index (Phi) is 4.90. The molecule has 5 aromatic rings. The van der Waals surface area contributed by atoms with E-state index in [1.165, 1.54) is 18.0 Å². The molecule has 2 N–H and O–H groups in total. The van der Waals surface area contributed by atoms with E-state index < -0.39 is 0 Å². The minimum atomic E-state index is -0.313. The minimum absolute atomic E-state index is 0.313. The van der Waals surface area contributed by atoms with Crippen LogP contribution in [-0.2, 0) is 6.42 Å². The molecule has 2 aromatic carbocycles. The largest absolute Gasteiger partial charge is 0.319 e. The number of nitrogens with one attached hydrogen (secondary N) is 2. The average Bonchev–Trinajstić information content (AvgIpc) is 3.24. The van der Waals surface area contributed by atoms with Gasteiger partial charge in [-0.3, -0.25) is 14.9 Å². The van der Waals surface area contributed by atoms with E-state index in [1.54, 1.807) is 6.07 Å². The lowest BCUT2D eigenvalue weighted by Gasteiger charge is -2.06. The Morgan fingerprint density at radius 1 is 0.871 bits per heavy atom. The highest BCUT2D eigenvalue weighted by molar-refractivity contribution is 6.11. The number of carbonyl (C=O) groups excluding carboxylic acids is 1. The van der Waals surface area contributed by atoms with E-state index in [-0.39, 0.29) is 5.91 Å². The maximum Gasteiger partial charge on any atom is 0.276 e. The maximum atomic E-state index is 12.7. The van der Waals surface area contributed by atoms with E-state index in [0.29, 0.717) is 11.4 Å². The van der Waals surface area contributed by atoms with Crippen LogP contribution in [0.1, 0.15) is 21.6 Å². The molecule has 0 saturated heterocycles. The Morgan fingerprint density at radius 3 is 2.61 bits per heavy atom. The second-order valence-corrected chi connectivity index (χ2v) is 7.16. The molecule has 5 rings (SSSR count). The molecule has 150 valence electrons. The number of carbonyl (C=O) groups is 1. The first kappa shape index (κ1) is 18.6. The maximum absolute atomic E-state index is 12.7. The number of hydrogen-bond acceptors (Lipinski definition) is 5. The summed E-state index contributed by atoms with van der Waals surface area (Å²) in [5, 5.41) is 18.2. The normalized spacial score (nSPS) is 10.8. The molecule has 0 aliphatic heterocycles. The zero-order chi connectivity index (χ0) is 21.0. The second kappa shape index (κ2) is 8.16. The molecule has 3 aromatic heterocycles. The van der Waals surface area contributed by atoms with Gasteiger partial charge in [0.25, 0.3) is 5.91 Å². The molecule has 0 aliphatic rings. The van der Waals surface area contributed by atoms with Gasteiger partial charge in [0.1, 0.15) is 0 Å². The number of fused-ring (bicyclic) bond motifs is 1. The fourth-order valence-electron chi connectivity index (χ4n) is 3.50. The summed E-state index contributed by atoms with van der Waals surface area (Å²) in [5.74, 6) is -0.313. The van der Waals surface area contributed by atoms with Gasteiger partial charge in [0, 0.05) is 23.3 Å². The first-order chi connectivity index (χ1) is 15.3. The highest BCUT2D eigenvalue weighted by atomic mass is 16.1. The summed E-state index contributed by atoms with van der Waals surface area (Å²) in [5.41, 5.74) is 5.98. The van der Waals surface area contributed by atoms with Crippen molar-refractivity contribution < 1.29 is 4.79 Å². The average molecular weight is 406 g/mol. The van der Waals surface area contributed by atoms with Gasteiger partial charge in [-0.15, -0.1) is 0 Å². The molecule has 0 saturated carbocycles. The van der Waals surface area contributed by atoms with E-state index in [0.717, 1.165) is 34.0 Å². The lowest BCUT2D eigenvalue weighted by atomic mass is 10.0. The second-order valence-electron chi connectivity index (χ2n) is 7.16. The van der Waals surface area contributed by atoms with Crippen LogP contribution >= 0.6 is 0 Å². The van der Waals surface area contributed by atoms with E-state index >= 15 is 0 Å². The third-order valence-corrected chi connectivity index (χ3v) is 5.00. The molecular formula is C24H18N6O. The van der Waals surface area contributed by atoms with Crippen molar-refractivity contribution in [3.8, 4) is 11.1 Å². The molecule has 0 atom stereocenters. The van der Waals surface area contributed by atoms with Gasteiger partial charge < -0.3 is 5.32 Å². The van der Waals surface area contributed by atoms with Crippen LogP contribution in [0.15, 0.2) is 85.5 Å². The number of H-pyrrole nitrogens is 1. The molecule has 0 radical (unpaired) electrons. The highest BCUT2D eigenvalue weighted by Crippen LogP contribution is 2.26. The van der Waals surface area contributed by atoms with Crippen molar-refractivity contribution in [1.82, 2.24) is 25.4 Å². The van der Waals surface area contributed by atoms with Crippen LogP contribution < -0.4 is 5.32 Å². The van der Waals surface area contributed by atoms with Crippen LogP contribution in [0, 0.1) is 0 Å². The van der Waals surface area contributed by atoms with Crippen LogP contribution in [0.4, 0.5) is 5.69 Å². The van der Waals surface area contributed by atoms with Gasteiger partial charge in [0.15, 0.2) is 5.69 Å². The quantitative estimate of drug-likeness (QED) is 0.455. The van der Waals surface area contributed by atoms with Crippen LogP contribution in [0.5, 0.6) is 0 Å². The van der Waals surface area contributed by atoms with Crippen LogP contribution in [0.25, 0.3) is 22.0 Å². The zero-order valence-electron chi connectivity index (χ0n) is 16.5. The topological polar surface area (TPSA) is 96.5 Å². The standard InChI is InChI=1S/C24H18N6O/c31-24(28-20-8-9-26-27-15-20)23-21-12-18(6-7-22(21)29-30-23)19-11-17(13-25-14-19)10-16-4-2-1-3-5-16/h1-9,11-15H,10H2,(H,29,30)(H,26,28,31). The zero-order valence-corrected chi connectivity index (χ0v) is 16.5. The molecule has 0 bridgehead atoms. The molecule has 7 heteroatoms. The monoisotopic (exact) mass is 406 g/mol. The lowest BCUT2D eigenvalue weighted by Crippen LogP contribution is -2.13. The molecule has 0 spiro atoms. The number of anilines is 1. The first-order valence-electron chi connectivity index (χ1n) is 9.81. The third kappa shape index (κ3) is 4.02. The van der Waals surface area contributed by atoms with Gasteiger partial charge in [-0.25, -0.2) is 0 Å². The van der Waals surface area contributed by atoms with Gasteiger partial charge in [-0.1, -0.05) is 36.4 Å². The summed E-state index contributed by atoms with van der Waals surface area (Å²) >= 11 is 0. The number of aromatic amines is 1. The summed E-state index contributed by atoms with van der Waals surface area (Å²) < 4.78 is 0. The summed E-state index contributed by atoms with van der Waals surface area (Å²) in [4.78, 5) is 17.2. The number of rotatable bonds is 5. The van der Waals surface area contributed by atoms with Gasteiger partial charge in [-0.2, -0.15) is 15.3 Å². The van der Waals surface area contributed by atoms with Gasteiger partial charge in [0.05, 0.1) is 23.6 Å². The van der Waals surface area contributed by atoms with Crippen molar-refractivity contribution >= 4 is 22.5 Å². The molecule has 7 nitrogen and oxygen atoms in total. The number of nitrogens with zero attached hydrogens (tertiary/aromatic N) is 4. The number of amides is 1. The molecule has 0 aliphatic carbocycles. The molecule has 0 unspecified atom stereocenters. The molecule has 31 heavy (non-hydrogen) atoms. The minimum Gasteiger partial charge on any atom is -0.319 e. The number of benzene rings is 2. The highest BCUT2D eigenvalue weighted by Gasteiger charge is 2.15. The Hall–Kier alpha value is -4.39. The predicted molar refractivity (Wildman–Crippen MR) is 119 cm³/mol. The predicted octanol–water partition coefficient (Wildman–Crippen LogP) is 4.26. The summed E-state index contributed by atoms with van der Waals surface area (Å²) in [6.45, 7) is 0. The van der Waals surface area contributed by atoms with Crippen LogP contribution in [0.2, 0.25) is 0 Å². The van der Waals surface area contributed by atoms with Crippen molar-refractivity contribution in [2.24, 2.45) is 0 Å². The third-order valence-electron chi connectivity index (χ3n) is 5.00. The molecule has 1 amide bonds. The fraction of sp³-hybridized carbons (Fsp3) is 0.0417. The molecule has 0 fully saturated rings. The smallest absolute Gasteiger partial charge is 0.276 e. The Labute approximate surface area is 178 Å². The Balaban J connectivity index is 1.45. The van der Waals surface area contributed by atoms with Crippen molar-refractivity contribution in [3.05, 3.63) is 102 Å². The Bertz CT molecular complexity index is 1350. The van der Waals surface area contributed by atoms with E-state index in [2.05, 4.69) is 48.9 Å². The molecule has 3 heterocycles. The van der Waals surface area contributed by atoms with Gasteiger partial charge in [-0.05, 0) is 47.4 Å². The lowest BCUT2D eigenvalue weighted by molar-refractivity contribution is 0.102. The van der Waals surface area contributed by atoms with Crippen LogP contribution in [0.3, 0.4) is 0 Å². The number of hydrogen-bond donors (Lipinski definition) is 2. The fourth-order valence-corrected chi connectivity index (χ4v) is 3.50. The van der Waals surface area contributed by atoms with Crippen molar-refractivity contribution in [1.29, 1.82) is 0 Å². The summed E-state index contributed by atoms with van der Waals surface area (Å²) in [6.07, 6.45) is 7.53. The SMILES string of the molecule is O=C(Nc1ccnnc1)c1n[nH]c2ccc(-c3cncc(Cc4ccccc4)c3)cc12. The Morgan fingerprint density at radius 2 is 1.77 bits per heavy atom. The van der Waals surface area contributed by atoms with E-state index in [1.807, 2.05) is 48.8 Å². The summed E-state index contributed by atoms with van der Waals surface area (Å²) in [6, 6.07) is 20.0. The van der Waals surface area contributed by atoms with Crippen molar-refractivity contribution in [3.63, 3.8) is 0 Å². The van der Waals surface area contributed by atoms with E-state index in [9.17, 15) is 4.79 Å². The number of aromatic nitrogens is 5. The number of pyridine rings is 1. The summed E-state index contributed by atoms with van der Waals surface area (Å²) in [7, 11) is 0. The molecular weight excluding hydrogens is 388 g/mol. The first-order valence-corrected chi connectivity index (χ1v) is 9.81. The van der Waals surface area contributed by atoms with Gasteiger partial charge >= 0.3 is 0 Å². The van der Waals surface area contributed by atoms with E-state index in [4.69, 9.17) is 0 Å². The van der Waals surface area contributed by atoms with Crippen molar-refractivity contribution in [2.75, 3.05) is 5.32 Å². The van der Waals surface area contributed by atoms with Crippen molar-refractivity contribution in [2.45, 2.75) is 6.42 Å². The van der Waals surface area contributed by atoms with Gasteiger partial charge in [0.2, 0.25) is 0 Å².